The number of nitrogens with one attached hydrogen (secondary N) is 1. The van der Waals surface area contributed by atoms with Crippen LogP contribution in [0.3, 0.4) is 0 Å². The summed E-state index contributed by atoms with van der Waals surface area (Å²) in [5, 5.41) is 11.9. The second-order valence-corrected chi connectivity index (χ2v) is 8.08. The van der Waals surface area contributed by atoms with Gasteiger partial charge in [0.2, 0.25) is 11.0 Å². The Morgan fingerprint density at radius 1 is 1.14 bits per heavy atom. The summed E-state index contributed by atoms with van der Waals surface area (Å²) in [6, 6.07) is 6.81. The number of hydrogen-bond acceptors (Lipinski definition) is 7. The Labute approximate surface area is 173 Å². The molecule has 1 aliphatic heterocycles. The van der Waals surface area contributed by atoms with E-state index in [1.54, 1.807) is 24.3 Å². The Morgan fingerprint density at radius 3 is 2.48 bits per heavy atom. The largest absolute Gasteiger partial charge is 0.306 e. The van der Waals surface area contributed by atoms with E-state index in [1.807, 2.05) is 7.05 Å². The third kappa shape index (κ3) is 5.24. The van der Waals surface area contributed by atoms with Crippen LogP contribution >= 0.6 is 11.3 Å². The molecule has 3 amide bonds. The lowest BCUT2D eigenvalue weighted by atomic mass is 10.1. The van der Waals surface area contributed by atoms with Crippen molar-refractivity contribution in [2.45, 2.75) is 32.6 Å². The van der Waals surface area contributed by atoms with Crippen molar-refractivity contribution in [1.29, 1.82) is 0 Å². The van der Waals surface area contributed by atoms with E-state index >= 15 is 0 Å². The van der Waals surface area contributed by atoms with Crippen molar-refractivity contribution in [2.75, 3.05) is 32.0 Å². The maximum absolute atomic E-state index is 12.4. The molecule has 0 unspecified atom stereocenters. The lowest BCUT2D eigenvalue weighted by Gasteiger charge is -2.15. The SMILES string of the molecule is CCCCN(C)CCC(=O)Nc1nnc(CCN2C(=O)c3ccccc3C2=O)s1. The molecule has 0 bridgehead atoms. The minimum atomic E-state index is -0.282. The van der Waals surface area contributed by atoms with Crippen LogP contribution in [0.25, 0.3) is 0 Å². The fraction of sp³-hybridized carbons (Fsp3) is 0.450. The van der Waals surface area contributed by atoms with Crippen LogP contribution in [0, 0.1) is 0 Å². The first kappa shape index (κ1) is 21.1. The van der Waals surface area contributed by atoms with E-state index in [-0.39, 0.29) is 24.3 Å². The monoisotopic (exact) mass is 415 g/mol. The Bertz CT molecular complexity index is 863. The summed E-state index contributed by atoms with van der Waals surface area (Å²) in [6.45, 7) is 4.04. The molecule has 0 aliphatic carbocycles. The molecule has 0 radical (unpaired) electrons. The van der Waals surface area contributed by atoms with E-state index < -0.39 is 0 Å². The summed E-state index contributed by atoms with van der Waals surface area (Å²) in [7, 11) is 2.01. The van der Waals surface area contributed by atoms with Crippen molar-refractivity contribution in [3.05, 3.63) is 40.4 Å². The van der Waals surface area contributed by atoms with Crippen LogP contribution in [0.2, 0.25) is 0 Å². The summed E-state index contributed by atoms with van der Waals surface area (Å²) in [6.07, 6.45) is 3.04. The average molecular weight is 416 g/mol. The van der Waals surface area contributed by atoms with Gasteiger partial charge < -0.3 is 10.2 Å². The highest BCUT2D eigenvalue weighted by atomic mass is 32.1. The predicted octanol–water partition coefficient (Wildman–Crippen LogP) is 2.44. The van der Waals surface area contributed by atoms with Crippen LogP contribution in [0.1, 0.15) is 51.9 Å². The van der Waals surface area contributed by atoms with Crippen LogP contribution in [0.15, 0.2) is 24.3 Å². The van der Waals surface area contributed by atoms with Gasteiger partial charge in [-0.2, -0.15) is 0 Å². The van der Waals surface area contributed by atoms with Crippen LogP contribution in [0.4, 0.5) is 5.13 Å². The average Bonchev–Trinajstić information content (AvgIpc) is 3.26. The van der Waals surface area contributed by atoms with E-state index in [0.717, 1.165) is 19.4 Å². The van der Waals surface area contributed by atoms with Crippen molar-refractivity contribution in [2.24, 2.45) is 0 Å². The number of fused-ring (bicyclic) bond motifs is 1. The molecular formula is C20H25N5O3S. The maximum atomic E-state index is 12.4. The number of imide groups is 1. The highest BCUT2D eigenvalue weighted by Crippen LogP contribution is 2.23. The second-order valence-electron chi connectivity index (χ2n) is 7.01. The molecule has 0 saturated heterocycles. The van der Waals surface area contributed by atoms with Gasteiger partial charge in [-0.15, -0.1) is 10.2 Å². The Kier molecular flexibility index (Phi) is 7.05. The van der Waals surface area contributed by atoms with Gasteiger partial charge in [0.05, 0.1) is 11.1 Å². The normalized spacial score (nSPS) is 13.3. The minimum Gasteiger partial charge on any atom is -0.306 e. The molecule has 1 aromatic heterocycles. The van der Waals surface area contributed by atoms with Gasteiger partial charge in [0, 0.05) is 25.9 Å². The predicted molar refractivity (Wildman–Crippen MR) is 111 cm³/mol. The Morgan fingerprint density at radius 2 is 1.83 bits per heavy atom. The molecule has 3 rings (SSSR count). The third-order valence-electron chi connectivity index (χ3n) is 4.75. The number of carbonyl (C=O) groups is 3. The van der Waals surface area contributed by atoms with Crippen molar-refractivity contribution in [1.82, 2.24) is 20.0 Å². The molecule has 1 N–H and O–H groups in total. The molecule has 0 atom stereocenters. The van der Waals surface area contributed by atoms with Crippen LogP contribution in [0.5, 0.6) is 0 Å². The second kappa shape index (κ2) is 9.71. The van der Waals surface area contributed by atoms with E-state index in [2.05, 4.69) is 27.3 Å². The fourth-order valence-corrected chi connectivity index (χ4v) is 3.81. The zero-order chi connectivity index (χ0) is 20.8. The number of unbranched alkanes of at least 4 members (excludes halogenated alkanes) is 1. The number of hydrogen-bond donors (Lipinski definition) is 1. The summed E-state index contributed by atoms with van der Waals surface area (Å²) in [5.41, 5.74) is 0.873. The third-order valence-corrected chi connectivity index (χ3v) is 5.65. The molecular weight excluding hydrogens is 390 g/mol. The van der Waals surface area contributed by atoms with Gasteiger partial charge in [-0.25, -0.2) is 0 Å². The molecule has 2 aromatic rings. The Hall–Kier alpha value is -2.65. The maximum Gasteiger partial charge on any atom is 0.261 e. The van der Waals surface area contributed by atoms with Crippen molar-refractivity contribution in [3.63, 3.8) is 0 Å². The highest BCUT2D eigenvalue weighted by molar-refractivity contribution is 7.15. The van der Waals surface area contributed by atoms with Gasteiger partial charge in [0.1, 0.15) is 5.01 Å². The smallest absolute Gasteiger partial charge is 0.261 e. The first-order valence-electron chi connectivity index (χ1n) is 9.75. The van der Waals surface area contributed by atoms with Crippen molar-refractivity contribution in [3.8, 4) is 0 Å². The van der Waals surface area contributed by atoms with E-state index in [0.29, 0.717) is 40.7 Å². The number of rotatable bonds is 10. The van der Waals surface area contributed by atoms with Crippen molar-refractivity contribution >= 4 is 34.2 Å². The molecule has 154 valence electrons. The molecule has 1 aromatic carbocycles. The molecule has 9 heteroatoms. The molecule has 0 fully saturated rings. The summed E-state index contributed by atoms with van der Waals surface area (Å²) >= 11 is 1.26. The van der Waals surface area contributed by atoms with Crippen LogP contribution in [-0.2, 0) is 11.2 Å². The van der Waals surface area contributed by atoms with Gasteiger partial charge in [0.25, 0.3) is 11.8 Å². The summed E-state index contributed by atoms with van der Waals surface area (Å²) in [4.78, 5) is 40.2. The molecule has 29 heavy (non-hydrogen) atoms. The quantitative estimate of drug-likeness (QED) is 0.599. The van der Waals surface area contributed by atoms with Crippen LogP contribution in [-0.4, -0.2) is 64.4 Å². The highest BCUT2D eigenvalue weighted by Gasteiger charge is 2.34. The summed E-state index contributed by atoms with van der Waals surface area (Å²) < 4.78 is 0. The van der Waals surface area contributed by atoms with Gasteiger partial charge in [-0.1, -0.05) is 36.8 Å². The van der Waals surface area contributed by atoms with Gasteiger partial charge in [0.15, 0.2) is 0 Å². The Balaban J connectivity index is 1.47. The van der Waals surface area contributed by atoms with Gasteiger partial charge in [-0.3, -0.25) is 19.3 Å². The minimum absolute atomic E-state index is 0.101. The molecule has 0 spiro atoms. The number of benzene rings is 1. The lowest BCUT2D eigenvalue weighted by molar-refractivity contribution is -0.116. The number of aromatic nitrogens is 2. The lowest BCUT2D eigenvalue weighted by Crippen LogP contribution is -2.31. The molecule has 2 heterocycles. The van der Waals surface area contributed by atoms with E-state index in [4.69, 9.17) is 0 Å². The standard InChI is InChI=1S/C20H25N5O3S/c1-3-4-11-24(2)12-9-16(26)21-20-23-22-17(29-20)10-13-25-18(27)14-7-5-6-8-15(14)19(25)28/h5-8H,3-4,9-13H2,1-2H3,(H,21,23,26). The number of anilines is 1. The zero-order valence-corrected chi connectivity index (χ0v) is 17.5. The van der Waals surface area contributed by atoms with Crippen molar-refractivity contribution < 1.29 is 14.4 Å². The molecule has 8 nitrogen and oxygen atoms in total. The van der Waals surface area contributed by atoms with Gasteiger partial charge >= 0.3 is 0 Å². The zero-order valence-electron chi connectivity index (χ0n) is 16.7. The van der Waals surface area contributed by atoms with Gasteiger partial charge in [-0.05, 0) is 32.1 Å². The summed E-state index contributed by atoms with van der Waals surface area (Å²) in [5.74, 6) is -0.664. The number of amides is 3. The molecule has 1 aliphatic rings. The first-order chi connectivity index (χ1) is 14.0. The van der Waals surface area contributed by atoms with Crippen LogP contribution < -0.4 is 5.32 Å². The van der Waals surface area contributed by atoms with E-state index in [9.17, 15) is 14.4 Å². The number of nitrogens with zero attached hydrogens (tertiary/aromatic N) is 4. The number of carbonyl (C=O) groups excluding carboxylic acids is 3. The van der Waals surface area contributed by atoms with E-state index in [1.165, 1.54) is 16.2 Å². The fourth-order valence-electron chi connectivity index (χ4n) is 3.07. The first-order valence-corrected chi connectivity index (χ1v) is 10.6. The topological polar surface area (TPSA) is 95.5 Å². The molecule has 0 saturated carbocycles.